The van der Waals surface area contributed by atoms with Gasteiger partial charge in [0.15, 0.2) is 10.3 Å². The molecule has 1 aromatic heterocycles. The fourth-order valence-corrected chi connectivity index (χ4v) is 3.24. The Labute approximate surface area is 128 Å². The van der Waals surface area contributed by atoms with Gasteiger partial charge in [-0.25, -0.2) is 0 Å². The second-order valence-corrected chi connectivity index (χ2v) is 21.4. The van der Waals surface area contributed by atoms with E-state index in [1.807, 2.05) is 26.7 Å². The van der Waals surface area contributed by atoms with Crippen molar-refractivity contribution in [3.8, 4) is 10.4 Å². The van der Waals surface area contributed by atoms with Crippen LogP contribution >= 0.6 is 57.9 Å². The Morgan fingerprint density at radius 1 is 1.20 bits per heavy atom. The summed E-state index contributed by atoms with van der Waals surface area (Å²) in [6.45, 7) is 2.15. The van der Waals surface area contributed by atoms with E-state index in [2.05, 4.69) is 74.5 Å². The molecular formula is C10H9I3S2. The maximum atomic E-state index is 2.39. The van der Waals surface area contributed by atoms with E-state index >= 15 is 0 Å². The quantitative estimate of drug-likeness (QED) is 0.280. The van der Waals surface area contributed by atoms with Gasteiger partial charge in [-0.1, -0.05) is 18.2 Å². The van der Waals surface area contributed by atoms with Crippen molar-refractivity contribution in [1.82, 2.24) is 0 Å². The van der Waals surface area contributed by atoms with Crippen LogP contribution in [0.15, 0.2) is 36.4 Å². The molecule has 0 aliphatic carbocycles. The van der Waals surface area contributed by atoms with Gasteiger partial charge in [-0.3, -0.25) is 0 Å². The van der Waals surface area contributed by atoms with Crippen molar-refractivity contribution >= 4 is 57.9 Å². The standard InChI is InChI=1S/C10H9S2.I3/c1-8-7-10(12-11-8)9-5-3-2-4-6-9;1-3-2/h2-7H,1H3;/q+1;-1. The molecule has 0 saturated carbocycles. The SMILES string of the molecule is Cc1cc(-c2ccccc2)[s+]s1.I[I-]I. The van der Waals surface area contributed by atoms with Crippen LogP contribution in [0, 0.1) is 6.92 Å². The molecule has 0 aliphatic heterocycles. The van der Waals surface area contributed by atoms with E-state index in [1.54, 1.807) is 0 Å². The molecule has 5 heteroatoms. The molecule has 0 radical (unpaired) electrons. The van der Waals surface area contributed by atoms with E-state index < -0.39 is 0 Å². The van der Waals surface area contributed by atoms with Gasteiger partial charge in [-0.15, -0.1) is 0 Å². The first-order chi connectivity index (χ1) is 7.27. The second-order valence-electron chi connectivity index (χ2n) is 2.71. The number of hydrogen-bond donors (Lipinski definition) is 0. The molecule has 1 heterocycles. The summed E-state index contributed by atoms with van der Waals surface area (Å²) in [6, 6.07) is 12.7. The Hall–Kier alpha value is 1.46. The molecule has 2 aromatic rings. The van der Waals surface area contributed by atoms with Crippen LogP contribution in [-0.2, 0) is 0 Å². The summed E-state index contributed by atoms with van der Waals surface area (Å²) in [5.41, 5.74) is 1.33. The third kappa shape index (κ3) is 5.55. The topological polar surface area (TPSA) is 0 Å². The zero-order valence-corrected chi connectivity index (χ0v) is 16.0. The summed E-state index contributed by atoms with van der Waals surface area (Å²) in [7, 11) is 3.69. The van der Waals surface area contributed by atoms with Gasteiger partial charge in [0, 0.05) is 11.6 Å². The van der Waals surface area contributed by atoms with E-state index in [1.165, 1.54) is 15.3 Å². The molecule has 0 nitrogen and oxygen atoms in total. The monoisotopic (exact) mass is 574 g/mol. The van der Waals surface area contributed by atoms with E-state index in [9.17, 15) is 0 Å². The molecule has 82 valence electrons. The van der Waals surface area contributed by atoms with Gasteiger partial charge in [-0.2, -0.15) is 0 Å². The molecule has 0 bridgehead atoms. The second kappa shape index (κ2) is 8.54. The zero-order chi connectivity index (χ0) is 11.1. The van der Waals surface area contributed by atoms with Crippen molar-refractivity contribution in [3.05, 3.63) is 41.3 Å². The van der Waals surface area contributed by atoms with Crippen LogP contribution < -0.4 is 13.3 Å². The molecule has 0 N–H and O–H groups in total. The Morgan fingerprint density at radius 2 is 1.80 bits per heavy atom. The third-order valence-electron chi connectivity index (χ3n) is 1.66. The summed E-state index contributed by atoms with van der Waals surface area (Å²) in [5.74, 6) is 0. The molecule has 0 amide bonds. The van der Waals surface area contributed by atoms with Crippen LogP contribution in [0.4, 0.5) is 0 Å². The molecule has 0 unspecified atom stereocenters. The van der Waals surface area contributed by atoms with Crippen LogP contribution in [0.5, 0.6) is 0 Å². The van der Waals surface area contributed by atoms with Crippen LogP contribution in [0.3, 0.4) is 0 Å². The third-order valence-corrected chi connectivity index (χ3v) is 4.23. The maximum absolute atomic E-state index is 2.39. The van der Waals surface area contributed by atoms with Crippen molar-refractivity contribution in [1.29, 1.82) is 0 Å². The van der Waals surface area contributed by atoms with E-state index in [-0.39, 0.29) is 0 Å². The van der Waals surface area contributed by atoms with Crippen molar-refractivity contribution < 1.29 is 13.3 Å². The van der Waals surface area contributed by atoms with Gasteiger partial charge >= 0.3 is 60.8 Å². The fourth-order valence-electron chi connectivity index (χ4n) is 1.08. The van der Waals surface area contributed by atoms with Crippen molar-refractivity contribution in [2.45, 2.75) is 6.92 Å². The van der Waals surface area contributed by atoms with Crippen molar-refractivity contribution in [3.63, 3.8) is 0 Å². The van der Waals surface area contributed by atoms with Crippen molar-refractivity contribution in [2.75, 3.05) is 0 Å². The Balaban J connectivity index is 0.000000337. The van der Waals surface area contributed by atoms with Crippen LogP contribution in [0.25, 0.3) is 10.4 Å². The van der Waals surface area contributed by atoms with Crippen molar-refractivity contribution in [2.24, 2.45) is 0 Å². The first-order valence-corrected chi connectivity index (χ1v) is 18.8. The summed E-state index contributed by atoms with van der Waals surface area (Å²) in [5, 5.41) is 0. The molecule has 0 saturated heterocycles. The van der Waals surface area contributed by atoms with E-state index in [0.29, 0.717) is 13.3 Å². The fraction of sp³-hybridized carbons (Fsp3) is 0.100. The number of aryl methyl sites for hydroxylation is 1. The number of benzene rings is 1. The van der Waals surface area contributed by atoms with E-state index in [4.69, 9.17) is 0 Å². The molecular weight excluding hydrogens is 565 g/mol. The zero-order valence-electron chi connectivity index (χ0n) is 7.91. The average Bonchev–Trinajstić information content (AvgIpc) is 2.67. The number of rotatable bonds is 1. The molecule has 0 spiro atoms. The van der Waals surface area contributed by atoms with Gasteiger partial charge in [0.2, 0.25) is 0 Å². The van der Waals surface area contributed by atoms with Gasteiger partial charge in [0.1, 0.15) is 0 Å². The Bertz CT molecular complexity index is 387. The van der Waals surface area contributed by atoms with Gasteiger partial charge in [0.05, 0.1) is 4.88 Å². The predicted octanol–water partition coefficient (Wildman–Crippen LogP) is 2.84. The normalized spacial score (nSPS) is 9.53. The molecule has 0 fully saturated rings. The van der Waals surface area contributed by atoms with Gasteiger partial charge in [-0.05, 0) is 19.1 Å². The molecule has 0 atom stereocenters. The van der Waals surface area contributed by atoms with Crippen LogP contribution in [-0.4, -0.2) is 0 Å². The minimum atomic E-state index is 0.530. The first-order valence-electron chi connectivity index (χ1n) is 4.10. The Morgan fingerprint density at radius 3 is 2.27 bits per heavy atom. The molecule has 15 heavy (non-hydrogen) atoms. The number of halogens is 3. The first kappa shape index (κ1) is 14.5. The minimum absolute atomic E-state index is 0.530. The number of hydrogen-bond acceptors (Lipinski definition) is 1. The Kier molecular flexibility index (Phi) is 8.26. The summed E-state index contributed by atoms with van der Waals surface area (Å²) in [4.78, 5) is 2.76. The van der Waals surface area contributed by atoms with Crippen LogP contribution in [0.1, 0.15) is 4.88 Å². The summed E-state index contributed by atoms with van der Waals surface area (Å²) in [6.07, 6.45) is 0. The summed E-state index contributed by atoms with van der Waals surface area (Å²) < 4.78 is 0. The summed E-state index contributed by atoms with van der Waals surface area (Å²) >= 11 is 5.30. The predicted molar refractivity (Wildman–Crippen MR) is 84.8 cm³/mol. The van der Waals surface area contributed by atoms with E-state index in [0.717, 1.165) is 0 Å². The van der Waals surface area contributed by atoms with Gasteiger partial charge in [0.25, 0.3) is 4.88 Å². The average molecular weight is 574 g/mol. The molecule has 1 aromatic carbocycles. The van der Waals surface area contributed by atoms with Gasteiger partial charge < -0.3 is 0 Å². The molecule has 0 aliphatic rings. The molecule has 2 rings (SSSR count). The van der Waals surface area contributed by atoms with Crippen LogP contribution in [0.2, 0.25) is 0 Å².